The van der Waals surface area contributed by atoms with Crippen molar-refractivity contribution in [2.24, 2.45) is 0 Å². The van der Waals surface area contributed by atoms with Gasteiger partial charge in [-0.3, -0.25) is 0 Å². The third-order valence-corrected chi connectivity index (χ3v) is 4.34. The Labute approximate surface area is 106 Å². The van der Waals surface area contributed by atoms with Crippen molar-refractivity contribution in [3.8, 4) is 0 Å². The molecule has 0 saturated heterocycles. The van der Waals surface area contributed by atoms with Crippen LogP contribution in [-0.4, -0.2) is 20.7 Å². The molecule has 0 radical (unpaired) electrons. The van der Waals surface area contributed by atoms with Crippen molar-refractivity contribution in [1.29, 1.82) is 0 Å². The van der Waals surface area contributed by atoms with Gasteiger partial charge in [0, 0.05) is 12.5 Å². The standard InChI is InChI=1S/C12H17BrO2Si/c1-16(2,3)8-7-15-12(14)10-5-4-6-11(13)9-10/h4-6,9H,7-8H2,1-3H3. The first-order chi connectivity index (χ1) is 7.38. The summed E-state index contributed by atoms with van der Waals surface area (Å²) in [6.07, 6.45) is 0. The first-order valence-electron chi connectivity index (χ1n) is 5.31. The third-order valence-electron chi connectivity index (χ3n) is 2.15. The molecule has 0 heterocycles. The molecule has 1 aromatic carbocycles. The van der Waals surface area contributed by atoms with E-state index in [0.29, 0.717) is 12.2 Å². The predicted octanol–water partition coefficient (Wildman–Crippen LogP) is 3.94. The molecule has 0 amide bonds. The summed E-state index contributed by atoms with van der Waals surface area (Å²) in [6, 6.07) is 8.27. The summed E-state index contributed by atoms with van der Waals surface area (Å²) in [5.41, 5.74) is 0.602. The molecule has 16 heavy (non-hydrogen) atoms. The number of esters is 1. The Morgan fingerprint density at radius 3 is 2.62 bits per heavy atom. The fraction of sp³-hybridized carbons (Fsp3) is 0.417. The lowest BCUT2D eigenvalue weighted by Crippen LogP contribution is -2.22. The molecule has 0 unspecified atom stereocenters. The molecule has 0 aliphatic heterocycles. The van der Waals surface area contributed by atoms with Gasteiger partial charge in [-0.15, -0.1) is 0 Å². The van der Waals surface area contributed by atoms with Gasteiger partial charge in [-0.2, -0.15) is 0 Å². The van der Waals surface area contributed by atoms with Crippen LogP contribution < -0.4 is 0 Å². The highest BCUT2D eigenvalue weighted by atomic mass is 79.9. The van der Waals surface area contributed by atoms with Gasteiger partial charge in [-0.1, -0.05) is 41.6 Å². The van der Waals surface area contributed by atoms with Crippen molar-refractivity contribution in [2.75, 3.05) is 6.61 Å². The first kappa shape index (κ1) is 13.5. The lowest BCUT2D eigenvalue weighted by atomic mass is 10.2. The summed E-state index contributed by atoms with van der Waals surface area (Å²) in [6.45, 7) is 7.32. The zero-order valence-electron chi connectivity index (χ0n) is 9.92. The van der Waals surface area contributed by atoms with Gasteiger partial charge >= 0.3 is 5.97 Å². The van der Waals surface area contributed by atoms with Crippen molar-refractivity contribution >= 4 is 30.0 Å². The topological polar surface area (TPSA) is 26.3 Å². The molecule has 0 bridgehead atoms. The molecule has 1 aromatic rings. The highest BCUT2D eigenvalue weighted by molar-refractivity contribution is 9.10. The highest BCUT2D eigenvalue weighted by Gasteiger charge is 2.14. The molecule has 0 atom stereocenters. The minimum Gasteiger partial charge on any atom is -0.462 e. The van der Waals surface area contributed by atoms with E-state index in [1.807, 2.05) is 12.1 Å². The SMILES string of the molecule is C[Si](C)(C)CCOC(=O)c1cccc(Br)c1. The van der Waals surface area contributed by atoms with Crippen LogP contribution >= 0.6 is 15.9 Å². The Balaban J connectivity index is 2.47. The first-order valence-corrected chi connectivity index (χ1v) is 9.81. The number of benzene rings is 1. The quantitative estimate of drug-likeness (QED) is 0.622. The van der Waals surface area contributed by atoms with Crippen molar-refractivity contribution in [1.82, 2.24) is 0 Å². The maximum atomic E-state index is 11.7. The van der Waals surface area contributed by atoms with Crippen molar-refractivity contribution in [3.63, 3.8) is 0 Å². The van der Waals surface area contributed by atoms with Gasteiger partial charge in [0.25, 0.3) is 0 Å². The molecule has 0 aromatic heterocycles. The van der Waals surface area contributed by atoms with Crippen LogP contribution in [0.25, 0.3) is 0 Å². The van der Waals surface area contributed by atoms with Crippen LogP contribution in [0, 0.1) is 0 Å². The van der Waals surface area contributed by atoms with E-state index >= 15 is 0 Å². The van der Waals surface area contributed by atoms with Gasteiger partial charge in [-0.05, 0) is 24.2 Å². The molecule has 0 spiro atoms. The highest BCUT2D eigenvalue weighted by Crippen LogP contribution is 2.13. The summed E-state index contributed by atoms with van der Waals surface area (Å²) >= 11 is 3.33. The van der Waals surface area contributed by atoms with Crippen LogP contribution in [0.5, 0.6) is 0 Å². The monoisotopic (exact) mass is 300 g/mol. The second-order valence-electron chi connectivity index (χ2n) is 4.96. The largest absolute Gasteiger partial charge is 0.462 e. The number of carbonyl (C=O) groups excluding carboxylic acids is 1. The maximum absolute atomic E-state index is 11.7. The lowest BCUT2D eigenvalue weighted by molar-refractivity contribution is 0.0525. The fourth-order valence-electron chi connectivity index (χ4n) is 1.15. The van der Waals surface area contributed by atoms with Crippen LogP contribution in [0.4, 0.5) is 0 Å². The molecule has 0 aliphatic rings. The Morgan fingerprint density at radius 2 is 2.06 bits per heavy atom. The van der Waals surface area contributed by atoms with Gasteiger partial charge in [-0.25, -0.2) is 4.79 Å². The number of halogens is 1. The average molecular weight is 301 g/mol. The van der Waals surface area contributed by atoms with Crippen LogP contribution in [0.15, 0.2) is 28.7 Å². The molecule has 0 aliphatic carbocycles. The smallest absolute Gasteiger partial charge is 0.338 e. The van der Waals surface area contributed by atoms with Crippen LogP contribution in [-0.2, 0) is 4.74 Å². The molecule has 88 valence electrons. The third kappa shape index (κ3) is 4.94. The van der Waals surface area contributed by atoms with E-state index in [4.69, 9.17) is 4.74 Å². The van der Waals surface area contributed by atoms with Crippen molar-refractivity contribution in [2.45, 2.75) is 25.7 Å². The summed E-state index contributed by atoms with van der Waals surface area (Å²) in [5, 5.41) is 0. The van der Waals surface area contributed by atoms with E-state index in [0.717, 1.165) is 10.5 Å². The van der Waals surface area contributed by atoms with Gasteiger partial charge in [0.2, 0.25) is 0 Å². The summed E-state index contributed by atoms with van der Waals surface area (Å²) in [7, 11) is -1.12. The minimum absolute atomic E-state index is 0.237. The van der Waals surface area contributed by atoms with Crippen molar-refractivity contribution < 1.29 is 9.53 Å². The predicted molar refractivity (Wildman–Crippen MR) is 72.6 cm³/mol. The van der Waals surface area contributed by atoms with E-state index in [2.05, 4.69) is 35.6 Å². The van der Waals surface area contributed by atoms with E-state index in [1.165, 1.54) is 0 Å². The Bertz CT molecular complexity index is 372. The molecule has 2 nitrogen and oxygen atoms in total. The summed E-state index contributed by atoms with van der Waals surface area (Å²) < 4.78 is 6.13. The van der Waals surface area contributed by atoms with E-state index in [-0.39, 0.29) is 5.97 Å². The molecule has 1 rings (SSSR count). The zero-order valence-corrected chi connectivity index (χ0v) is 12.5. The van der Waals surface area contributed by atoms with Crippen molar-refractivity contribution in [3.05, 3.63) is 34.3 Å². The second kappa shape index (κ2) is 5.64. The molecule has 0 fully saturated rings. The normalized spacial score (nSPS) is 11.2. The van der Waals surface area contributed by atoms with Gasteiger partial charge in [0.15, 0.2) is 0 Å². The molecule has 0 saturated carbocycles. The lowest BCUT2D eigenvalue weighted by Gasteiger charge is -2.15. The molecule has 4 heteroatoms. The average Bonchev–Trinajstić information content (AvgIpc) is 2.15. The number of carbonyl (C=O) groups is 1. The minimum atomic E-state index is -1.12. The maximum Gasteiger partial charge on any atom is 0.338 e. The molecular weight excluding hydrogens is 284 g/mol. The van der Waals surface area contributed by atoms with Crippen LogP contribution in [0.1, 0.15) is 10.4 Å². The van der Waals surface area contributed by atoms with Crippen LogP contribution in [0.2, 0.25) is 25.7 Å². The fourth-order valence-corrected chi connectivity index (χ4v) is 2.26. The van der Waals surface area contributed by atoms with E-state index < -0.39 is 8.07 Å². The zero-order chi connectivity index (χ0) is 12.2. The molecule has 0 N–H and O–H groups in total. The number of hydrogen-bond donors (Lipinski definition) is 0. The number of rotatable bonds is 4. The summed E-state index contributed by atoms with van der Waals surface area (Å²) in [4.78, 5) is 11.7. The van der Waals surface area contributed by atoms with Gasteiger partial charge in [0.1, 0.15) is 0 Å². The number of ether oxygens (including phenoxy) is 1. The van der Waals surface area contributed by atoms with Crippen LogP contribution in [0.3, 0.4) is 0 Å². The van der Waals surface area contributed by atoms with Gasteiger partial charge < -0.3 is 4.74 Å². The summed E-state index contributed by atoms with van der Waals surface area (Å²) in [5.74, 6) is -0.237. The Morgan fingerprint density at radius 1 is 1.38 bits per heavy atom. The van der Waals surface area contributed by atoms with E-state index in [1.54, 1.807) is 12.1 Å². The molecular formula is C12H17BrO2Si. The van der Waals surface area contributed by atoms with Gasteiger partial charge in [0.05, 0.1) is 12.2 Å². The Kier molecular flexibility index (Phi) is 4.74. The number of hydrogen-bond acceptors (Lipinski definition) is 2. The van der Waals surface area contributed by atoms with E-state index in [9.17, 15) is 4.79 Å². The second-order valence-corrected chi connectivity index (χ2v) is 11.5. The Hall–Kier alpha value is -0.613.